The lowest BCUT2D eigenvalue weighted by atomic mass is 9.97. The van der Waals surface area contributed by atoms with Crippen LogP contribution in [0.1, 0.15) is 0 Å². The summed E-state index contributed by atoms with van der Waals surface area (Å²) < 4.78 is 54.6. The lowest BCUT2D eigenvalue weighted by Gasteiger charge is -2.09. The predicted octanol–water partition coefficient (Wildman–Crippen LogP) is 7.24. The third kappa shape index (κ3) is 3.41. The molecule has 0 unspecified atom stereocenters. The number of hydrogen-bond acceptors (Lipinski definition) is 0. The molecule has 0 aliphatic carbocycles. The summed E-state index contributed by atoms with van der Waals surface area (Å²) in [5.41, 5.74) is 3.50. The molecule has 0 N–H and O–H groups in total. The lowest BCUT2D eigenvalue weighted by Crippen LogP contribution is -1.94. The van der Waals surface area contributed by atoms with Crippen molar-refractivity contribution in [2.24, 2.45) is 0 Å². The van der Waals surface area contributed by atoms with Crippen LogP contribution in [-0.4, -0.2) is 0 Å². The summed E-state index contributed by atoms with van der Waals surface area (Å²) in [4.78, 5) is 0. The highest BCUT2D eigenvalue weighted by Gasteiger charge is 2.14. The minimum Gasteiger partial charge on any atom is -0.206 e. The van der Waals surface area contributed by atoms with Crippen LogP contribution in [-0.2, 0) is 0 Å². The van der Waals surface area contributed by atoms with Gasteiger partial charge in [-0.1, -0.05) is 66.7 Å². The Hall–Kier alpha value is -3.40. The van der Waals surface area contributed by atoms with Gasteiger partial charge >= 0.3 is 0 Å². The summed E-state index contributed by atoms with van der Waals surface area (Å²) in [7, 11) is 0. The van der Waals surface area contributed by atoms with Crippen LogP contribution >= 0.6 is 0 Å². The van der Waals surface area contributed by atoms with Gasteiger partial charge in [0.15, 0.2) is 17.5 Å². The minimum atomic E-state index is -1.57. The molecule has 0 saturated heterocycles. The molecule has 0 aromatic heterocycles. The van der Waals surface area contributed by atoms with Gasteiger partial charge in [-0.25, -0.2) is 17.6 Å². The Balaban J connectivity index is 1.67. The van der Waals surface area contributed by atoms with Crippen LogP contribution in [0.25, 0.3) is 33.4 Å². The first-order valence-electron chi connectivity index (χ1n) is 8.63. The highest BCUT2D eigenvalue weighted by atomic mass is 19.2. The van der Waals surface area contributed by atoms with Crippen LogP contribution in [0.3, 0.4) is 0 Å². The van der Waals surface area contributed by atoms with Crippen molar-refractivity contribution in [1.29, 1.82) is 0 Å². The molecule has 0 atom stereocenters. The molecular formula is C24H14F4. The highest BCUT2D eigenvalue weighted by molar-refractivity contribution is 5.73. The molecule has 0 heterocycles. The van der Waals surface area contributed by atoms with Gasteiger partial charge in [0.05, 0.1) is 0 Å². The largest absolute Gasteiger partial charge is 0.206 e. The van der Waals surface area contributed by atoms with Gasteiger partial charge in [0, 0.05) is 5.56 Å². The Kier molecular flexibility index (Phi) is 4.70. The van der Waals surface area contributed by atoms with Crippen LogP contribution in [0.4, 0.5) is 17.6 Å². The number of benzene rings is 4. The number of halogens is 4. The van der Waals surface area contributed by atoms with E-state index in [1.165, 1.54) is 12.1 Å². The van der Waals surface area contributed by atoms with E-state index in [0.717, 1.165) is 28.8 Å². The minimum absolute atomic E-state index is 0.00227. The Bertz CT molecular complexity index is 1110. The van der Waals surface area contributed by atoms with E-state index in [0.29, 0.717) is 5.56 Å². The van der Waals surface area contributed by atoms with E-state index in [-0.39, 0.29) is 11.1 Å². The third-order valence-electron chi connectivity index (χ3n) is 4.59. The fraction of sp³-hybridized carbons (Fsp3) is 0. The van der Waals surface area contributed by atoms with Gasteiger partial charge < -0.3 is 0 Å². The quantitative estimate of drug-likeness (QED) is 0.260. The van der Waals surface area contributed by atoms with E-state index in [9.17, 15) is 17.6 Å². The van der Waals surface area contributed by atoms with Crippen LogP contribution in [0.2, 0.25) is 0 Å². The molecule has 0 nitrogen and oxygen atoms in total. The molecule has 0 saturated carbocycles. The maximum absolute atomic E-state index is 14.6. The molecular weight excluding hydrogens is 364 g/mol. The van der Waals surface area contributed by atoms with Gasteiger partial charge in [0.1, 0.15) is 5.82 Å². The first kappa shape index (κ1) is 18.0. The molecule has 28 heavy (non-hydrogen) atoms. The van der Waals surface area contributed by atoms with Gasteiger partial charge in [-0.15, -0.1) is 0 Å². The molecule has 0 radical (unpaired) electrons. The van der Waals surface area contributed by atoms with Crippen molar-refractivity contribution >= 4 is 0 Å². The first-order valence-corrected chi connectivity index (χ1v) is 8.63. The van der Waals surface area contributed by atoms with Crippen molar-refractivity contribution in [2.45, 2.75) is 0 Å². The molecule has 4 rings (SSSR count). The topological polar surface area (TPSA) is 0 Å². The van der Waals surface area contributed by atoms with E-state index in [4.69, 9.17) is 0 Å². The van der Waals surface area contributed by atoms with Crippen molar-refractivity contribution in [3.8, 4) is 33.4 Å². The molecule has 4 aromatic carbocycles. The standard InChI is InChI=1S/C24H14F4/c25-21-12-18(10-11-20(21)19-13-22(26)24(28)23(27)14-19)17-8-6-16(7-9-17)15-4-2-1-3-5-15/h1-14H. The molecule has 0 amide bonds. The smallest absolute Gasteiger partial charge is 0.194 e. The first-order chi connectivity index (χ1) is 13.5. The van der Waals surface area contributed by atoms with E-state index in [1.54, 1.807) is 6.07 Å². The van der Waals surface area contributed by atoms with Crippen molar-refractivity contribution in [3.05, 3.63) is 108 Å². The summed E-state index contributed by atoms with van der Waals surface area (Å²) in [6.45, 7) is 0. The van der Waals surface area contributed by atoms with Crippen molar-refractivity contribution < 1.29 is 17.6 Å². The maximum Gasteiger partial charge on any atom is 0.194 e. The number of hydrogen-bond donors (Lipinski definition) is 0. The summed E-state index contributed by atoms with van der Waals surface area (Å²) in [6.07, 6.45) is 0. The molecule has 138 valence electrons. The van der Waals surface area contributed by atoms with Crippen LogP contribution < -0.4 is 0 Å². The maximum atomic E-state index is 14.6. The Morgan fingerprint density at radius 3 is 1.43 bits per heavy atom. The number of rotatable bonds is 3. The van der Waals surface area contributed by atoms with Crippen molar-refractivity contribution in [3.63, 3.8) is 0 Å². The molecule has 0 fully saturated rings. The molecule has 0 aliphatic rings. The summed E-state index contributed by atoms with van der Waals surface area (Å²) in [6, 6.07) is 23.5. The second-order valence-corrected chi connectivity index (χ2v) is 6.39. The Morgan fingerprint density at radius 2 is 0.857 bits per heavy atom. The fourth-order valence-electron chi connectivity index (χ4n) is 3.13. The normalized spacial score (nSPS) is 10.9. The zero-order valence-electron chi connectivity index (χ0n) is 14.6. The van der Waals surface area contributed by atoms with Crippen molar-refractivity contribution in [1.82, 2.24) is 0 Å². The molecule has 0 bridgehead atoms. The third-order valence-corrected chi connectivity index (χ3v) is 4.59. The summed E-state index contributed by atoms with van der Waals surface area (Å²) >= 11 is 0. The average molecular weight is 378 g/mol. The second-order valence-electron chi connectivity index (χ2n) is 6.39. The Labute approximate surface area is 159 Å². The second kappa shape index (κ2) is 7.31. The monoisotopic (exact) mass is 378 g/mol. The molecule has 4 aromatic rings. The molecule has 0 aliphatic heterocycles. The lowest BCUT2D eigenvalue weighted by molar-refractivity contribution is 0.447. The fourth-order valence-corrected chi connectivity index (χ4v) is 3.13. The van der Waals surface area contributed by atoms with E-state index >= 15 is 0 Å². The molecule has 4 heteroatoms. The van der Waals surface area contributed by atoms with Crippen molar-refractivity contribution in [2.75, 3.05) is 0 Å². The van der Waals surface area contributed by atoms with Gasteiger partial charge in [0.25, 0.3) is 0 Å². The molecule has 0 spiro atoms. The predicted molar refractivity (Wildman–Crippen MR) is 103 cm³/mol. The highest BCUT2D eigenvalue weighted by Crippen LogP contribution is 2.31. The summed E-state index contributed by atoms with van der Waals surface area (Å²) in [5, 5.41) is 0. The zero-order valence-corrected chi connectivity index (χ0v) is 14.6. The van der Waals surface area contributed by atoms with Gasteiger partial charge in [-0.3, -0.25) is 0 Å². The van der Waals surface area contributed by atoms with E-state index in [2.05, 4.69) is 0 Å². The SMILES string of the molecule is Fc1cc(-c2ccc(-c3ccccc3)cc2)ccc1-c1cc(F)c(F)c(F)c1. The van der Waals surface area contributed by atoms with Gasteiger partial charge in [-0.2, -0.15) is 0 Å². The van der Waals surface area contributed by atoms with E-state index < -0.39 is 23.3 Å². The van der Waals surface area contributed by atoms with Crippen LogP contribution in [0.5, 0.6) is 0 Å². The van der Waals surface area contributed by atoms with Crippen LogP contribution in [0.15, 0.2) is 84.9 Å². The van der Waals surface area contributed by atoms with Gasteiger partial charge in [-0.05, 0) is 46.0 Å². The van der Waals surface area contributed by atoms with E-state index in [1.807, 2.05) is 54.6 Å². The summed E-state index contributed by atoms with van der Waals surface area (Å²) in [5.74, 6) is -4.92. The average Bonchev–Trinajstić information content (AvgIpc) is 2.72. The Morgan fingerprint density at radius 1 is 0.393 bits per heavy atom. The zero-order chi connectivity index (χ0) is 19.7. The van der Waals surface area contributed by atoms with Crippen LogP contribution in [0, 0.1) is 23.3 Å². The van der Waals surface area contributed by atoms with Gasteiger partial charge in [0.2, 0.25) is 0 Å².